The van der Waals surface area contributed by atoms with Crippen LogP contribution in [-0.4, -0.2) is 37.7 Å². The molecule has 1 fully saturated rings. The number of ether oxygens (including phenoxy) is 1. The highest BCUT2D eigenvalue weighted by molar-refractivity contribution is 5.30. The van der Waals surface area contributed by atoms with Crippen LogP contribution in [0.2, 0.25) is 0 Å². The zero-order chi connectivity index (χ0) is 21.3. The fourth-order valence-electron chi connectivity index (χ4n) is 4.44. The topological polar surface area (TPSA) is 24.5 Å². The van der Waals surface area contributed by atoms with Crippen LogP contribution < -0.4 is 5.32 Å². The minimum absolute atomic E-state index is 0.00734. The Bertz CT molecular complexity index is 856. The number of piperidine rings is 1. The molecule has 0 spiro atoms. The van der Waals surface area contributed by atoms with E-state index in [2.05, 4.69) is 95.1 Å². The van der Waals surface area contributed by atoms with Gasteiger partial charge in [-0.25, -0.2) is 0 Å². The molecule has 1 aliphatic rings. The highest BCUT2D eigenvalue weighted by atomic mass is 16.5. The molecule has 0 unspecified atom stereocenters. The largest absolute Gasteiger partial charge is 0.364 e. The van der Waals surface area contributed by atoms with Gasteiger partial charge in [0.05, 0.1) is 6.10 Å². The molecule has 3 heteroatoms. The minimum atomic E-state index is -0.00734. The quantitative estimate of drug-likeness (QED) is 0.520. The summed E-state index contributed by atoms with van der Waals surface area (Å²) >= 11 is 0. The molecule has 3 aromatic carbocycles. The third kappa shape index (κ3) is 6.27. The average molecular weight is 415 g/mol. The minimum Gasteiger partial charge on any atom is -0.364 e. The Balaban J connectivity index is 1.36. The van der Waals surface area contributed by atoms with Crippen molar-refractivity contribution in [2.75, 3.05) is 26.7 Å². The van der Waals surface area contributed by atoms with Crippen molar-refractivity contribution in [3.05, 3.63) is 107 Å². The van der Waals surface area contributed by atoms with Gasteiger partial charge in [0.2, 0.25) is 0 Å². The van der Waals surface area contributed by atoms with Gasteiger partial charge in [-0.05, 0) is 55.1 Å². The van der Waals surface area contributed by atoms with E-state index in [1.54, 1.807) is 0 Å². The van der Waals surface area contributed by atoms with Crippen molar-refractivity contribution in [2.45, 2.75) is 38.0 Å². The van der Waals surface area contributed by atoms with Crippen LogP contribution in [0.3, 0.4) is 0 Å². The van der Waals surface area contributed by atoms with Gasteiger partial charge in [-0.2, -0.15) is 0 Å². The van der Waals surface area contributed by atoms with E-state index in [9.17, 15) is 0 Å². The highest BCUT2D eigenvalue weighted by Crippen LogP contribution is 2.29. The van der Waals surface area contributed by atoms with Crippen molar-refractivity contribution in [2.24, 2.45) is 0 Å². The molecule has 1 atom stereocenters. The molecular formula is C28H34N2O. The Morgan fingerprint density at radius 3 is 2.10 bits per heavy atom. The summed E-state index contributed by atoms with van der Waals surface area (Å²) in [6, 6.07) is 30.3. The lowest BCUT2D eigenvalue weighted by Gasteiger charge is -2.35. The second-order valence-electron chi connectivity index (χ2n) is 8.50. The molecule has 162 valence electrons. The van der Waals surface area contributed by atoms with Crippen molar-refractivity contribution in [1.29, 1.82) is 0 Å². The summed E-state index contributed by atoms with van der Waals surface area (Å²) < 4.78 is 6.74. The van der Waals surface area contributed by atoms with Crippen molar-refractivity contribution >= 4 is 0 Å². The molecule has 1 aliphatic heterocycles. The first-order valence-corrected chi connectivity index (χ1v) is 11.5. The van der Waals surface area contributed by atoms with E-state index in [1.807, 2.05) is 7.05 Å². The van der Waals surface area contributed by atoms with Gasteiger partial charge in [-0.1, -0.05) is 84.9 Å². The molecule has 0 saturated carbocycles. The van der Waals surface area contributed by atoms with Crippen molar-refractivity contribution in [3.8, 4) is 0 Å². The maximum absolute atomic E-state index is 6.74. The summed E-state index contributed by atoms with van der Waals surface area (Å²) in [4.78, 5) is 2.57. The fraction of sp³-hybridized carbons (Fsp3) is 0.357. The van der Waals surface area contributed by atoms with Crippen LogP contribution in [0.4, 0.5) is 0 Å². The molecule has 0 aromatic heterocycles. The maximum Gasteiger partial charge on any atom is 0.108 e. The van der Waals surface area contributed by atoms with Gasteiger partial charge in [-0.15, -0.1) is 0 Å². The van der Waals surface area contributed by atoms with Crippen LogP contribution >= 0.6 is 0 Å². The third-order valence-electron chi connectivity index (χ3n) is 6.12. The van der Waals surface area contributed by atoms with E-state index in [0.29, 0.717) is 0 Å². The van der Waals surface area contributed by atoms with Crippen molar-refractivity contribution in [1.82, 2.24) is 10.2 Å². The summed E-state index contributed by atoms with van der Waals surface area (Å²) in [5, 5.41) is 3.21. The summed E-state index contributed by atoms with van der Waals surface area (Å²) in [5.41, 5.74) is 5.21. The number of nitrogens with one attached hydrogen (secondary N) is 1. The lowest BCUT2D eigenvalue weighted by molar-refractivity contribution is -0.0330. The smallest absolute Gasteiger partial charge is 0.108 e. The van der Waals surface area contributed by atoms with Crippen molar-refractivity contribution < 1.29 is 4.74 Å². The number of likely N-dealkylation sites (tertiary alicyclic amines) is 1. The summed E-state index contributed by atoms with van der Waals surface area (Å²) in [5.74, 6) is 0. The highest BCUT2D eigenvalue weighted by Gasteiger charge is 2.25. The molecule has 3 nitrogen and oxygen atoms in total. The maximum atomic E-state index is 6.74. The number of nitrogens with zero attached hydrogens (tertiary/aromatic N) is 1. The van der Waals surface area contributed by atoms with Gasteiger partial charge < -0.3 is 15.0 Å². The van der Waals surface area contributed by atoms with E-state index < -0.39 is 0 Å². The van der Waals surface area contributed by atoms with Gasteiger partial charge in [0.1, 0.15) is 6.10 Å². The van der Waals surface area contributed by atoms with Crippen LogP contribution in [0.25, 0.3) is 0 Å². The molecule has 4 rings (SSSR count). The molecule has 1 saturated heterocycles. The average Bonchev–Trinajstić information content (AvgIpc) is 2.84. The van der Waals surface area contributed by atoms with Crippen LogP contribution in [0.5, 0.6) is 0 Å². The van der Waals surface area contributed by atoms with Gasteiger partial charge >= 0.3 is 0 Å². The van der Waals surface area contributed by atoms with Crippen LogP contribution in [-0.2, 0) is 17.7 Å². The molecule has 0 aliphatic carbocycles. The van der Waals surface area contributed by atoms with Crippen LogP contribution in [0.1, 0.15) is 41.2 Å². The number of rotatable bonds is 9. The summed E-state index contributed by atoms with van der Waals surface area (Å²) in [6.07, 6.45) is 3.67. The Morgan fingerprint density at radius 1 is 0.871 bits per heavy atom. The lowest BCUT2D eigenvalue weighted by atomic mass is 10.00. The molecule has 0 amide bonds. The Hall–Kier alpha value is -2.46. The van der Waals surface area contributed by atoms with Gasteiger partial charge in [-0.3, -0.25) is 0 Å². The third-order valence-corrected chi connectivity index (χ3v) is 6.12. The van der Waals surface area contributed by atoms with Gasteiger partial charge in [0, 0.05) is 19.6 Å². The molecule has 0 bridgehead atoms. The normalized spacial score (nSPS) is 17.2. The fourth-order valence-corrected chi connectivity index (χ4v) is 4.44. The Kier molecular flexibility index (Phi) is 7.89. The first-order valence-electron chi connectivity index (χ1n) is 11.5. The van der Waals surface area contributed by atoms with E-state index in [4.69, 9.17) is 4.74 Å². The predicted molar refractivity (Wildman–Crippen MR) is 128 cm³/mol. The van der Waals surface area contributed by atoms with Gasteiger partial charge in [0.25, 0.3) is 0 Å². The first-order chi connectivity index (χ1) is 15.3. The molecule has 1 N–H and O–H groups in total. The van der Waals surface area contributed by atoms with Crippen LogP contribution in [0.15, 0.2) is 84.9 Å². The van der Waals surface area contributed by atoms with E-state index in [0.717, 1.165) is 32.5 Å². The predicted octanol–water partition coefficient (Wildman–Crippen LogP) is 5.22. The number of hydrogen-bond donors (Lipinski definition) is 1. The molecule has 1 heterocycles. The van der Waals surface area contributed by atoms with Crippen molar-refractivity contribution in [3.63, 3.8) is 0 Å². The number of hydrogen-bond acceptors (Lipinski definition) is 3. The Labute approximate surface area is 187 Å². The summed E-state index contributed by atoms with van der Waals surface area (Å²) in [7, 11) is 1.99. The Morgan fingerprint density at radius 2 is 1.48 bits per heavy atom. The standard InChI is InChI=1S/C28H34N2O/c1-29-21-24-16-14-23(15-17-24)18-20-30-19-8-13-27(22-30)31-28(25-9-4-2-5-10-25)26-11-6-3-7-12-26/h2-7,9-12,14-17,27-29H,8,13,18-22H2,1H3/t27-/m1/s1. The molecular weight excluding hydrogens is 380 g/mol. The van der Waals surface area contributed by atoms with E-state index in [1.165, 1.54) is 35.2 Å². The first kappa shape index (κ1) is 21.8. The molecule has 31 heavy (non-hydrogen) atoms. The van der Waals surface area contributed by atoms with Gasteiger partial charge in [0.15, 0.2) is 0 Å². The van der Waals surface area contributed by atoms with E-state index in [-0.39, 0.29) is 12.2 Å². The lowest BCUT2D eigenvalue weighted by Crippen LogP contribution is -2.41. The molecule has 3 aromatic rings. The summed E-state index contributed by atoms with van der Waals surface area (Å²) in [6.45, 7) is 4.19. The zero-order valence-corrected chi connectivity index (χ0v) is 18.5. The van der Waals surface area contributed by atoms with Crippen LogP contribution in [0, 0.1) is 0 Å². The molecule has 0 radical (unpaired) electrons. The van der Waals surface area contributed by atoms with E-state index >= 15 is 0 Å². The SMILES string of the molecule is CNCc1ccc(CCN2CCC[C@@H](OC(c3ccccc3)c3ccccc3)C2)cc1. The zero-order valence-electron chi connectivity index (χ0n) is 18.5. The second kappa shape index (κ2) is 11.2. The second-order valence-corrected chi connectivity index (χ2v) is 8.50. The monoisotopic (exact) mass is 414 g/mol. The number of benzene rings is 3.